The molecule has 27 heavy (non-hydrogen) atoms. The average Bonchev–Trinajstić information content (AvgIpc) is 3.28. The smallest absolute Gasteiger partial charge is 0.227 e. The first kappa shape index (κ1) is 19.7. The van der Waals surface area contributed by atoms with Crippen molar-refractivity contribution in [2.24, 2.45) is 4.99 Å². The molecule has 1 aromatic carbocycles. The number of carbonyl (C=O) groups excluding carboxylic acids is 1. The van der Waals surface area contributed by atoms with Gasteiger partial charge in [0.05, 0.1) is 10.9 Å². The van der Waals surface area contributed by atoms with E-state index < -0.39 is 0 Å². The van der Waals surface area contributed by atoms with Crippen molar-refractivity contribution < 1.29 is 4.79 Å². The Morgan fingerprint density at radius 1 is 1.22 bits per heavy atom. The molecule has 7 heteroatoms. The Kier molecular flexibility index (Phi) is 7.12. The molecule has 1 amide bonds. The summed E-state index contributed by atoms with van der Waals surface area (Å²) in [5.41, 5.74) is 2.09. The summed E-state index contributed by atoms with van der Waals surface area (Å²) in [4.78, 5) is 19.6. The SMILES string of the molecule is CCNC(=NCc1ccc(N2CCCC2=O)cc1)NCCc1ccc(Cl)s1. The molecule has 2 N–H and O–H groups in total. The minimum atomic E-state index is 0.214. The summed E-state index contributed by atoms with van der Waals surface area (Å²) >= 11 is 7.58. The second kappa shape index (κ2) is 9.76. The maximum atomic E-state index is 11.8. The first-order valence-electron chi connectivity index (χ1n) is 9.31. The molecule has 0 radical (unpaired) electrons. The van der Waals surface area contributed by atoms with Gasteiger partial charge >= 0.3 is 0 Å². The molecule has 2 aromatic rings. The molecule has 0 atom stereocenters. The van der Waals surface area contributed by atoms with Gasteiger partial charge in [-0.25, -0.2) is 4.99 Å². The van der Waals surface area contributed by atoms with E-state index in [0.29, 0.717) is 13.0 Å². The number of thiophene rings is 1. The van der Waals surface area contributed by atoms with Gasteiger partial charge in [-0.2, -0.15) is 0 Å². The third kappa shape index (κ3) is 5.71. The van der Waals surface area contributed by atoms with Crippen LogP contribution in [0, 0.1) is 0 Å². The van der Waals surface area contributed by atoms with Crippen LogP contribution in [0.3, 0.4) is 0 Å². The van der Waals surface area contributed by atoms with Gasteiger partial charge in [0.25, 0.3) is 0 Å². The Hall–Kier alpha value is -2.05. The zero-order valence-corrected chi connectivity index (χ0v) is 17.1. The second-order valence-corrected chi connectivity index (χ2v) is 8.19. The lowest BCUT2D eigenvalue weighted by atomic mass is 10.2. The lowest BCUT2D eigenvalue weighted by molar-refractivity contribution is -0.117. The van der Waals surface area contributed by atoms with E-state index in [-0.39, 0.29) is 5.91 Å². The van der Waals surface area contributed by atoms with Crippen molar-refractivity contribution >= 4 is 40.5 Å². The number of anilines is 1. The van der Waals surface area contributed by atoms with Gasteiger partial charge in [-0.15, -0.1) is 11.3 Å². The van der Waals surface area contributed by atoms with Crippen LogP contribution in [-0.2, 0) is 17.8 Å². The highest BCUT2D eigenvalue weighted by atomic mass is 35.5. The van der Waals surface area contributed by atoms with Crippen LogP contribution in [0.4, 0.5) is 5.69 Å². The number of nitrogens with zero attached hydrogens (tertiary/aromatic N) is 2. The van der Waals surface area contributed by atoms with Crippen molar-refractivity contribution in [3.63, 3.8) is 0 Å². The van der Waals surface area contributed by atoms with E-state index in [1.807, 2.05) is 35.2 Å². The molecule has 0 bridgehead atoms. The van der Waals surface area contributed by atoms with E-state index >= 15 is 0 Å². The van der Waals surface area contributed by atoms with Crippen molar-refractivity contribution in [2.75, 3.05) is 24.5 Å². The van der Waals surface area contributed by atoms with Crippen molar-refractivity contribution in [1.29, 1.82) is 0 Å². The fourth-order valence-electron chi connectivity index (χ4n) is 3.00. The van der Waals surface area contributed by atoms with Crippen LogP contribution < -0.4 is 15.5 Å². The van der Waals surface area contributed by atoms with E-state index in [4.69, 9.17) is 11.6 Å². The van der Waals surface area contributed by atoms with E-state index in [1.54, 1.807) is 11.3 Å². The van der Waals surface area contributed by atoms with Crippen molar-refractivity contribution in [1.82, 2.24) is 10.6 Å². The topological polar surface area (TPSA) is 56.7 Å². The molecule has 1 aromatic heterocycles. The molecule has 1 aliphatic rings. The number of aliphatic imine (C=N–C) groups is 1. The van der Waals surface area contributed by atoms with Crippen LogP contribution >= 0.6 is 22.9 Å². The van der Waals surface area contributed by atoms with Crippen molar-refractivity contribution in [3.8, 4) is 0 Å². The summed E-state index contributed by atoms with van der Waals surface area (Å²) in [6.45, 7) is 5.08. The number of amides is 1. The van der Waals surface area contributed by atoms with Crippen LogP contribution in [0.15, 0.2) is 41.4 Å². The van der Waals surface area contributed by atoms with Crippen molar-refractivity contribution in [3.05, 3.63) is 51.2 Å². The Morgan fingerprint density at radius 2 is 2.04 bits per heavy atom. The fraction of sp³-hybridized carbons (Fsp3) is 0.400. The summed E-state index contributed by atoms with van der Waals surface area (Å²) in [6.07, 6.45) is 2.52. The van der Waals surface area contributed by atoms with E-state index in [0.717, 1.165) is 54.0 Å². The number of hydrogen-bond donors (Lipinski definition) is 2. The highest BCUT2D eigenvalue weighted by Crippen LogP contribution is 2.22. The predicted molar refractivity (Wildman–Crippen MR) is 114 cm³/mol. The van der Waals surface area contributed by atoms with Crippen LogP contribution in [0.25, 0.3) is 0 Å². The van der Waals surface area contributed by atoms with Gasteiger partial charge in [-0.05, 0) is 49.6 Å². The monoisotopic (exact) mass is 404 g/mol. The summed E-state index contributed by atoms with van der Waals surface area (Å²) < 4.78 is 0.824. The molecular weight excluding hydrogens is 380 g/mol. The fourth-order valence-corrected chi connectivity index (χ4v) is 4.09. The minimum absolute atomic E-state index is 0.214. The van der Waals surface area contributed by atoms with Gasteiger partial charge in [0.2, 0.25) is 5.91 Å². The Balaban J connectivity index is 1.53. The summed E-state index contributed by atoms with van der Waals surface area (Å²) in [7, 11) is 0. The number of benzene rings is 1. The number of halogens is 1. The molecule has 0 aliphatic carbocycles. The van der Waals surface area contributed by atoms with Gasteiger partial charge in [-0.1, -0.05) is 23.7 Å². The van der Waals surface area contributed by atoms with Crippen LogP contribution in [0.5, 0.6) is 0 Å². The third-order valence-corrected chi connectivity index (χ3v) is 5.67. The molecule has 0 unspecified atom stereocenters. The molecule has 5 nitrogen and oxygen atoms in total. The lowest BCUT2D eigenvalue weighted by Gasteiger charge is -2.16. The number of carbonyl (C=O) groups is 1. The number of hydrogen-bond acceptors (Lipinski definition) is 3. The molecule has 0 spiro atoms. The van der Waals surface area contributed by atoms with Crippen LogP contribution in [0.1, 0.15) is 30.2 Å². The van der Waals surface area contributed by atoms with Gasteiger partial charge in [0, 0.05) is 36.6 Å². The molecule has 1 fully saturated rings. The molecule has 1 aliphatic heterocycles. The second-order valence-electron chi connectivity index (χ2n) is 6.39. The highest BCUT2D eigenvalue weighted by Gasteiger charge is 2.21. The van der Waals surface area contributed by atoms with Gasteiger partial charge < -0.3 is 15.5 Å². The molecule has 1 saturated heterocycles. The summed E-state index contributed by atoms with van der Waals surface area (Å²) in [5, 5.41) is 6.63. The lowest BCUT2D eigenvalue weighted by Crippen LogP contribution is -2.38. The first-order chi connectivity index (χ1) is 13.2. The van der Waals surface area contributed by atoms with E-state index in [1.165, 1.54) is 4.88 Å². The van der Waals surface area contributed by atoms with Gasteiger partial charge in [0.1, 0.15) is 0 Å². The number of nitrogens with one attached hydrogen (secondary N) is 2. The third-order valence-electron chi connectivity index (χ3n) is 4.38. The Bertz CT molecular complexity index is 788. The highest BCUT2D eigenvalue weighted by molar-refractivity contribution is 7.16. The summed E-state index contributed by atoms with van der Waals surface area (Å²) in [6, 6.07) is 12.1. The standard InChI is InChI=1S/C20H25ClN4OS/c1-2-22-20(23-12-11-17-9-10-18(21)27-17)24-14-15-5-7-16(8-6-15)25-13-3-4-19(25)26/h5-10H,2-4,11-14H2,1H3,(H2,22,23,24). The number of guanidine groups is 1. The normalized spacial score (nSPS) is 14.7. The average molecular weight is 405 g/mol. The molecule has 144 valence electrons. The molecule has 2 heterocycles. The van der Waals surface area contributed by atoms with Crippen LogP contribution in [0.2, 0.25) is 4.34 Å². The zero-order chi connectivity index (χ0) is 19.1. The summed E-state index contributed by atoms with van der Waals surface area (Å²) in [5.74, 6) is 1.02. The maximum absolute atomic E-state index is 11.8. The molecule has 0 saturated carbocycles. The minimum Gasteiger partial charge on any atom is -0.357 e. The van der Waals surface area contributed by atoms with Crippen molar-refractivity contribution in [2.45, 2.75) is 32.7 Å². The van der Waals surface area contributed by atoms with Crippen LogP contribution in [-0.4, -0.2) is 31.5 Å². The Morgan fingerprint density at radius 3 is 2.67 bits per heavy atom. The predicted octanol–water partition coefficient (Wildman–Crippen LogP) is 3.83. The molecule has 3 rings (SSSR count). The maximum Gasteiger partial charge on any atom is 0.227 e. The zero-order valence-electron chi connectivity index (χ0n) is 15.5. The largest absolute Gasteiger partial charge is 0.357 e. The van der Waals surface area contributed by atoms with E-state index in [9.17, 15) is 4.79 Å². The van der Waals surface area contributed by atoms with E-state index in [2.05, 4.69) is 28.6 Å². The van der Waals surface area contributed by atoms with Gasteiger partial charge in [-0.3, -0.25) is 4.79 Å². The van der Waals surface area contributed by atoms with Gasteiger partial charge in [0.15, 0.2) is 5.96 Å². The number of rotatable bonds is 7. The first-order valence-corrected chi connectivity index (χ1v) is 10.5. The quantitative estimate of drug-likeness (QED) is 0.544. The molecular formula is C20H25ClN4OS. The Labute approximate surface area is 169 Å².